The first-order chi connectivity index (χ1) is 13.5. The zero-order valence-corrected chi connectivity index (χ0v) is 15.8. The van der Waals surface area contributed by atoms with Gasteiger partial charge in [-0.15, -0.1) is 0 Å². The minimum Gasteiger partial charge on any atom is -0.489 e. The van der Waals surface area contributed by atoms with Gasteiger partial charge in [0.25, 0.3) is 0 Å². The number of hydrogen-bond donors (Lipinski definition) is 0. The van der Waals surface area contributed by atoms with Gasteiger partial charge in [-0.2, -0.15) is 0 Å². The third-order valence-electron chi connectivity index (χ3n) is 4.80. The quantitative estimate of drug-likeness (QED) is 0.382. The molecule has 28 heavy (non-hydrogen) atoms. The summed E-state index contributed by atoms with van der Waals surface area (Å²) in [6, 6.07) is 21.9. The van der Waals surface area contributed by atoms with E-state index in [9.17, 15) is 8.78 Å². The van der Waals surface area contributed by atoms with Crippen molar-refractivity contribution in [2.45, 2.75) is 26.4 Å². The summed E-state index contributed by atoms with van der Waals surface area (Å²) in [5.74, 6) is -0.705. The Balaban J connectivity index is 1.73. The lowest BCUT2D eigenvalue weighted by Gasteiger charge is -2.14. The topological polar surface area (TPSA) is 14.2 Å². The third kappa shape index (κ3) is 3.50. The Kier molecular flexibility index (Phi) is 4.86. The Labute approximate surface area is 163 Å². The summed E-state index contributed by atoms with van der Waals surface area (Å²) in [5, 5.41) is 0.999. The second kappa shape index (κ2) is 7.47. The van der Waals surface area contributed by atoms with E-state index in [1.807, 2.05) is 53.1 Å². The number of aromatic nitrogens is 1. The number of benzene rings is 3. The Morgan fingerprint density at radius 1 is 0.857 bits per heavy atom. The van der Waals surface area contributed by atoms with Crippen LogP contribution in [0.15, 0.2) is 72.8 Å². The highest BCUT2D eigenvalue weighted by Gasteiger charge is 2.15. The maximum atomic E-state index is 13.8. The number of nitrogens with zero attached hydrogens (tertiary/aromatic N) is 1. The van der Waals surface area contributed by atoms with Crippen molar-refractivity contribution in [3.05, 3.63) is 95.7 Å². The van der Waals surface area contributed by atoms with Gasteiger partial charge >= 0.3 is 0 Å². The van der Waals surface area contributed by atoms with E-state index in [0.29, 0.717) is 12.3 Å². The molecule has 4 aromatic rings. The molecule has 1 heterocycles. The van der Waals surface area contributed by atoms with Crippen LogP contribution in [0.25, 0.3) is 16.6 Å². The number of hydrogen-bond acceptors (Lipinski definition) is 1. The van der Waals surface area contributed by atoms with Crippen LogP contribution in [0.2, 0.25) is 0 Å². The van der Waals surface area contributed by atoms with Crippen LogP contribution < -0.4 is 4.74 Å². The summed E-state index contributed by atoms with van der Waals surface area (Å²) >= 11 is 0. The van der Waals surface area contributed by atoms with Crippen molar-refractivity contribution in [1.82, 2.24) is 4.57 Å². The summed E-state index contributed by atoms with van der Waals surface area (Å²) < 4.78 is 35.1. The fourth-order valence-corrected chi connectivity index (χ4v) is 3.38. The zero-order chi connectivity index (χ0) is 19.7. The standard InChI is InChI=1S/C24H21F2NO/c1-16(2)24-13-18-12-20(28-15-17-6-4-3-5-7-17)9-11-23(18)27(24)19-8-10-21(25)22(26)14-19/h3-14,16H,15H2,1-2H3. The molecule has 4 rings (SSSR count). The van der Waals surface area contributed by atoms with Gasteiger partial charge in [-0.05, 0) is 47.9 Å². The van der Waals surface area contributed by atoms with Crippen LogP contribution in [-0.2, 0) is 6.61 Å². The van der Waals surface area contributed by atoms with Gasteiger partial charge in [-0.3, -0.25) is 0 Å². The molecule has 0 fully saturated rings. The number of halogens is 2. The molecule has 0 bridgehead atoms. The lowest BCUT2D eigenvalue weighted by molar-refractivity contribution is 0.306. The Morgan fingerprint density at radius 3 is 2.36 bits per heavy atom. The van der Waals surface area contributed by atoms with Crippen molar-refractivity contribution in [2.75, 3.05) is 0 Å². The molecule has 0 unspecified atom stereocenters. The number of rotatable bonds is 5. The highest BCUT2D eigenvalue weighted by Crippen LogP contribution is 2.32. The molecule has 1 aromatic heterocycles. The summed E-state index contributed by atoms with van der Waals surface area (Å²) in [4.78, 5) is 0. The predicted molar refractivity (Wildman–Crippen MR) is 108 cm³/mol. The normalized spacial score (nSPS) is 11.3. The fourth-order valence-electron chi connectivity index (χ4n) is 3.38. The van der Waals surface area contributed by atoms with Crippen LogP contribution in [0.1, 0.15) is 31.0 Å². The van der Waals surface area contributed by atoms with E-state index in [1.165, 1.54) is 6.07 Å². The maximum absolute atomic E-state index is 13.8. The fraction of sp³-hybridized carbons (Fsp3) is 0.167. The van der Waals surface area contributed by atoms with Gasteiger partial charge in [0.1, 0.15) is 12.4 Å². The van der Waals surface area contributed by atoms with Crippen molar-refractivity contribution in [3.63, 3.8) is 0 Å². The van der Waals surface area contributed by atoms with Crippen LogP contribution >= 0.6 is 0 Å². The van der Waals surface area contributed by atoms with Crippen molar-refractivity contribution >= 4 is 10.9 Å². The second-order valence-electron chi connectivity index (χ2n) is 7.15. The lowest BCUT2D eigenvalue weighted by atomic mass is 10.1. The predicted octanol–water partition coefficient (Wildman–Crippen LogP) is 6.61. The van der Waals surface area contributed by atoms with Crippen molar-refractivity contribution in [2.24, 2.45) is 0 Å². The molecular formula is C24H21F2NO. The summed E-state index contributed by atoms with van der Waals surface area (Å²) in [5.41, 5.74) is 3.67. The maximum Gasteiger partial charge on any atom is 0.160 e. The van der Waals surface area contributed by atoms with E-state index < -0.39 is 11.6 Å². The highest BCUT2D eigenvalue weighted by atomic mass is 19.2. The molecule has 0 amide bonds. The van der Waals surface area contributed by atoms with Gasteiger partial charge in [0.05, 0.1) is 5.52 Å². The van der Waals surface area contributed by atoms with Gasteiger partial charge < -0.3 is 9.30 Å². The first-order valence-electron chi connectivity index (χ1n) is 9.30. The molecule has 0 aliphatic carbocycles. The van der Waals surface area contributed by atoms with Gasteiger partial charge in [-0.25, -0.2) is 8.78 Å². The Morgan fingerprint density at radius 2 is 1.64 bits per heavy atom. The minimum atomic E-state index is -0.850. The first-order valence-corrected chi connectivity index (χ1v) is 9.30. The van der Waals surface area contributed by atoms with Crippen LogP contribution in [0.3, 0.4) is 0 Å². The van der Waals surface area contributed by atoms with E-state index in [0.717, 1.165) is 34.0 Å². The SMILES string of the molecule is CC(C)c1cc2cc(OCc3ccccc3)ccc2n1-c1ccc(F)c(F)c1. The van der Waals surface area contributed by atoms with Gasteiger partial charge in [0.2, 0.25) is 0 Å². The molecule has 0 N–H and O–H groups in total. The summed E-state index contributed by atoms with van der Waals surface area (Å²) in [6.07, 6.45) is 0. The first kappa shape index (κ1) is 18.2. The molecule has 0 radical (unpaired) electrons. The second-order valence-corrected chi connectivity index (χ2v) is 7.15. The molecule has 142 valence electrons. The molecule has 0 atom stereocenters. The van der Waals surface area contributed by atoms with Crippen molar-refractivity contribution in [3.8, 4) is 11.4 Å². The molecule has 0 aliphatic heterocycles. The van der Waals surface area contributed by atoms with Crippen molar-refractivity contribution in [1.29, 1.82) is 0 Å². The van der Waals surface area contributed by atoms with Crippen LogP contribution in [0.4, 0.5) is 8.78 Å². The lowest BCUT2D eigenvalue weighted by Crippen LogP contribution is -2.02. The van der Waals surface area contributed by atoms with Crippen molar-refractivity contribution < 1.29 is 13.5 Å². The van der Waals surface area contributed by atoms with E-state index in [2.05, 4.69) is 19.9 Å². The number of ether oxygens (including phenoxy) is 1. The van der Waals surface area contributed by atoms with Crippen LogP contribution in [-0.4, -0.2) is 4.57 Å². The molecule has 0 saturated carbocycles. The minimum absolute atomic E-state index is 0.217. The Bertz CT molecular complexity index is 1120. The van der Waals surface area contributed by atoms with Gasteiger partial charge in [0.15, 0.2) is 11.6 Å². The molecule has 0 saturated heterocycles. The molecule has 3 aromatic carbocycles. The van der Waals surface area contributed by atoms with E-state index in [4.69, 9.17) is 4.74 Å². The number of fused-ring (bicyclic) bond motifs is 1. The zero-order valence-electron chi connectivity index (χ0n) is 15.8. The van der Waals surface area contributed by atoms with Gasteiger partial charge in [0, 0.05) is 22.8 Å². The molecule has 2 nitrogen and oxygen atoms in total. The largest absolute Gasteiger partial charge is 0.489 e. The Hall–Kier alpha value is -3.14. The van der Waals surface area contributed by atoms with E-state index in [-0.39, 0.29) is 5.92 Å². The van der Waals surface area contributed by atoms with Crippen LogP contribution in [0.5, 0.6) is 5.75 Å². The van der Waals surface area contributed by atoms with Crippen LogP contribution in [0, 0.1) is 11.6 Å². The average Bonchev–Trinajstić information content (AvgIpc) is 3.08. The molecule has 4 heteroatoms. The summed E-state index contributed by atoms with van der Waals surface area (Å²) in [6.45, 7) is 4.65. The molecule has 0 aliphatic rings. The van der Waals surface area contributed by atoms with E-state index in [1.54, 1.807) is 6.07 Å². The third-order valence-corrected chi connectivity index (χ3v) is 4.80. The summed E-state index contributed by atoms with van der Waals surface area (Å²) in [7, 11) is 0. The molecule has 0 spiro atoms. The van der Waals surface area contributed by atoms with Gasteiger partial charge in [-0.1, -0.05) is 44.2 Å². The molecular weight excluding hydrogens is 356 g/mol. The smallest absolute Gasteiger partial charge is 0.160 e. The monoisotopic (exact) mass is 377 g/mol. The average molecular weight is 377 g/mol. The van der Waals surface area contributed by atoms with E-state index >= 15 is 0 Å². The highest BCUT2D eigenvalue weighted by molar-refractivity contribution is 5.85.